The van der Waals surface area contributed by atoms with Gasteiger partial charge in [0.25, 0.3) is 11.6 Å². The van der Waals surface area contributed by atoms with Crippen LogP contribution in [0.2, 0.25) is 0 Å². The van der Waals surface area contributed by atoms with Gasteiger partial charge in [-0.3, -0.25) is 19.7 Å². The minimum Gasteiger partial charge on any atom is -0.467 e. The summed E-state index contributed by atoms with van der Waals surface area (Å²) in [6.45, 7) is 1.64. The van der Waals surface area contributed by atoms with Crippen molar-refractivity contribution in [2.75, 3.05) is 13.6 Å². The lowest BCUT2D eigenvalue weighted by Crippen LogP contribution is -2.38. The molecule has 0 aliphatic carbocycles. The lowest BCUT2D eigenvalue weighted by atomic mass is 10.0. The van der Waals surface area contributed by atoms with E-state index < -0.39 is 11.0 Å². The van der Waals surface area contributed by atoms with E-state index in [1.807, 2.05) is 0 Å². The number of nitrogens with zero attached hydrogens (tertiary/aromatic N) is 4. The van der Waals surface area contributed by atoms with E-state index in [4.69, 9.17) is 4.42 Å². The first kappa shape index (κ1) is 19.3. The van der Waals surface area contributed by atoms with Crippen molar-refractivity contribution in [2.24, 2.45) is 5.10 Å². The molecule has 1 aromatic heterocycles. The van der Waals surface area contributed by atoms with Crippen LogP contribution < -0.4 is 0 Å². The summed E-state index contributed by atoms with van der Waals surface area (Å²) >= 11 is 0. The van der Waals surface area contributed by atoms with Crippen molar-refractivity contribution in [2.45, 2.75) is 25.8 Å². The fraction of sp³-hybridized carbons (Fsp3) is 0.316. The van der Waals surface area contributed by atoms with Crippen LogP contribution in [0.5, 0.6) is 0 Å². The Balaban J connectivity index is 1.86. The summed E-state index contributed by atoms with van der Waals surface area (Å²) in [5, 5.41) is 16.6. The monoisotopic (exact) mass is 384 g/mol. The topological polar surface area (TPSA) is 109 Å². The second kappa shape index (κ2) is 8.03. The molecular weight excluding hydrogens is 364 g/mol. The number of rotatable bonds is 6. The van der Waals surface area contributed by atoms with E-state index in [9.17, 15) is 19.7 Å². The number of benzene rings is 1. The van der Waals surface area contributed by atoms with Gasteiger partial charge in [-0.1, -0.05) is 6.92 Å². The molecule has 1 aliphatic rings. The second-order valence-electron chi connectivity index (χ2n) is 6.43. The van der Waals surface area contributed by atoms with Crippen molar-refractivity contribution in [1.82, 2.24) is 9.91 Å². The average molecular weight is 384 g/mol. The molecule has 0 unspecified atom stereocenters. The fourth-order valence-corrected chi connectivity index (χ4v) is 3.03. The van der Waals surface area contributed by atoms with E-state index in [1.54, 1.807) is 38.2 Å². The third kappa shape index (κ3) is 3.93. The van der Waals surface area contributed by atoms with E-state index in [2.05, 4.69) is 5.10 Å². The van der Waals surface area contributed by atoms with Gasteiger partial charge in [0.15, 0.2) is 0 Å². The van der Waals surface area contributed by atoms with Crippen LogP contribution in [-0.4, -0.2) is 46.0 Å². The quantitative estimate of drug-likeness (QED) is 0.562. The number of hydrogen-bond acceptors (Lipinski definition) is 6. The molecule has 0 N–H and O–H groups in total. The predicted octanol–water partition coefficient (Wildman–Crippen LogP) is 2.73. The highest BCUT2D eigenvalue weighted by Gasteiger charge is 2.35. The van der Waals surface area contributed by atoms with Crippen LogP contribution in [0.1, 0.15) is 37.1 Å². The van der Waals surface area contributed by atoms with E-state index >= 15 is 0 Å². The zero-order chi connectivity index (χ0) is 20.3. The maximum Gasteiger partial charge on any atom is 0.269 e. The number of hydrogen-bond donors (Lipinski definition) is 0. The lowest BCUT2D eigenvalue weighted by molar-refractivity contribution is -0.384. The van der Waals surface area contributed by atoms with Crippen LogP contribution in [0.15, 0.2) is 52.2 Å². The molecule has 1 aromatic carbocycles. The highest BCUT2D eigenvalue weighted by molar-refractivity contribution is 6.03. The van der Waals surface area contributed by atoms with Crippen LogP contribution in [-0.2, 0) is 9.59 Å². The third-order valence-electron chi connectivity index (χ3n) is 4.55. The zero-order valence-electron chi connectivity index (χ0n) is 15.6. The van der Waals surface area contributed by atoms with Gasteiger partial charge in [-0.15, -0.1) is 0 Å². The first-order valence-corrected chi connectivity index (χ1v) is 8.82. The van der Waals surface area contributed by atoms with Gasteiger partial charge in [0.1, 0.15) is 18.3 Å². The number of nitro benzene ring substituents is 1. The molecule has 1 atom stereocenters. The number of carbonyl (C=O) groups is 2. The van der Waals surface area contributed by atoms with Crippen molar-refractivity contribution in [1.29, 1.82) is 0 Å². The number of carbonyl (C=O) groups excluding carboxylic acids is 2. The smallest absolute Gasteiger partial charge is 0.269 e. The fourth-order valence-electron chi connectivity index (χ4n) is 3.03. The van der Waals surface area contributed by atoms with E-state index in [0.717, 1.165) is 0 Å². The normalized spacial score (nSPS) is 16.0. The maximum absolute atomic E-state index is 12.8. The Kier molecular flexibility index (Phi) is 5.53. The Labute approximate surface area is 161 Å². The summed E-state index contributed by atoms with van der Waals surface area (Å²) in [6, 6.07) is 9.08. The van der Waals surface area contributed by atoms with Crippen LogP contribution >= 0.6 is 0 Å². The number of nitro groups is 1. The van der Waals surface area contributed by atoms with Gasteiger partial charge < -0.3 is 9.32 Å². The molecule has 1 aliphatic heterocycles. The number of hydrazone groups is 1. The average Bonchev–Trinajstić information content (AvgIpc) is 3.36. The van der Waals surface area contributed by atoms with Crippen molar-refractivity contribution < 1.29 is 18.9 Å². The van der Waals surface area contributed by atoms with E-state index in [1.165, 1.54) is 28.3 Å². The Bertz CT molecular complexity index is 905. The Morgan fingerprint density at radius 1 is 1.32 bits per heavy atom. The summed E-state index contributed by atoms with van der Waals surface area (Å²) in [7, 11) is 1.57. The summed E-state index contributed by atoms with van der Waals surface area (Å²) in [5.41, 5.74) is 1.29. The molecule has 28 heavy (non-hydrogen) atoms. The molecule has 2 aromatic rings. The third-order valence-corrected chi connectivity index (χ3v) is 4.55. The second-order valence-corrected chi connectivity index (χ2v) is 6.43. The van der Waals surface area contributed by atoms with Crippen LogP contribution in [0.4, 0.5) is 5.69 Å². The molecule has 0 bridgehead atoms. The van der Waals surface area contributed by atoms with Crippen LogP contribution in [0.3, 0.4) is 0 Å². The van der Waals surface area contributed by atoms with Gasteiger partial charge in [0.2, 0.25) is 5.91 Å². The number of furan rings is 1. The van der Waals surface area contributed by atoms with Gasteiger partial charge in [-0.2, -0.15) is 5.10 Å². The summed E-state index contributed by atoms with van der Waals surface area (Å²) in [5.74, 6) is 0.114. The lowest BCUT2D eigenvalue weighted by Gasteiger charge is -2.23. The SMILES string of the molecule is CCC(=O)N(C)CC(=O)N1N=C(c2ccc([N+](=O)[O-])cc2)C[C@@H]1c1ccco1. The van der Waals surface area contributed by atoms with E-state index in [-0.39, 0.29) is 24.0 Å². The first-order chi connectivity index (χ1) is 13.4. The first-order valence-electron chi connectivity index (χ1n) is 8.82. The molecule has 0 spiro atoms. The molecule has 146 valence electrons. The summed E-state index contributed by atoms with van der Waals surface area (Å²) in [4.78, 5) is 36.3. The van der Waals surface area contributed by atoms with Gasteiger partial charge in [-0.05, 0) is 29.8 Å². The standard InChI is InChI=1S/C19H20N4O5/c1-3-18(24)21(2)12-19(25)22-16(17-5-4-10-28-17)11-15(20-22)13-6-8-14(9-7-13)23(26)27/h4-10,16H,3,11-12H2,1-2H3/t16-/m1/s1. The molecule has 0 radical (unpaired) electrons. The molecule has 0 fully saturated rings. The van der Waals surface area contributed by atoms with Gasteiger partial charge in [-0.25, -0.2) is 5.01 Å². The Morgan fingerprint density at radius 2 is 2.04 bits per heavy atom. The zero-order valence-corrected chi connectivity index (χ0v) is 15.6. The van der Waals surface area contributed by atoms with Gasteiger partial charge in [0, 0.05) is 32.0 Å². The number of likely N-dealkylation sites (N-methyl/N-ethyl adjacent to an activating group) is 1. The van der Waals surface area contributed by atoms with Crippen LogP contribution in [0, 0.1) is 10.1 Å². The number of non-ortho nitro benzene ring substituents is 1. The molecule has 0 saturated heterocycles. The molecule has 2 amide bonds. The van der Waals surface area contributed by atoms with Crippen LogP contribution in [0.25, 0.3) is 0 Å². The molecule has 0 saturated carbocycles. The highest BCUT2D eigenvalue weighted by Crippen LogP contribution is 2.33. The molecule has 3 rings (SSSR count). The molecule has 9 heteroatoms. The van der Waals surface area contributed by atoms with E-state index in [0.29, 0.717) is 29.9 Å². The largest absolute Gasteiger partial charge is 0.467 e. The summed E-state index contributed by atoms with van der Waals surface area (Å²) < 4.78 is 5.47. The van der Waals surface area contributed by atoms with Crippen molar-refractivity contribution in [3.63, 3.8) is 0 Å². The molecule has 9 nitrogen and oxygen atoms in total. The van der Waals surface area contributed by atoms with Crippen molar-refractivity contribution in [3.05, 3.63) is 64.1 Å². The predicted molar refractivity (Wildman–Crippen MR) is 100 cm³/mol. The minimum absolute atomic E-state index is 0.0161. The van der Waals surface area contributed by atoms with Gasteiger partial charge >= 0.3 is 0 Å². The Hall–Kier alpha value is -3.49. The summed E-state index contributed by atoms with van der Waals surface area (Å²) in [6.07, 6.45) is 2.24. The van der Waals surface area contributed by atoms with Gasteiger partial charge in [0.05, 0.1) is 16.9 Å². The molecular formula is C19H20N4O5. The highest BCUT2D eigenvalue weighted by atomic mass is 16.6. The van der Waals surface area contributed by atoms with Crippen molar-refractivity contribution >= 4 is 23.2 Å². The minimum atomic E-state index is -0.470. The number of amides is 2. The molecule has 2 heterocycles. The van der Waals surface area contributed by atoms with Crippen molar-refractivity contribution in [3.8, 4) is 0 Å². The Morgan fingerprint density at radius 3 is 2.61 bits per heavy atom. The maximum atomic E-state index is 12.8.